The van der Waals surface area contributed by atoms with Gasteiger partial charge in [-0.3, -0.25) is 9.97 Å². The zero-order valence-corrected chi connectivity index (χ0v) is 17.5. The third-order valence-electron chi connectivity index (χ3n) is 6.38. The summed E-state index contributed by atoms with van der Waals surface area (Å²) in [6, 6.07) is 24.8. The first-order chi connectivity index (χ1) is 15.3. The molecule has 0 saturated carbocycles. The van der Waals surface area contributed by atoms with E-state index >= 15 is 0 Å². The average molecular weight is 413 g/mol. The molecule has 0 amide bonds. The smallest absolute Gasteiger partial charge is 0.160 e. The summed E-state index contributed by atoms with van der Waals surface area (Å²) in [5.74, 6) is 0.278. The quantitative estimate of drug-likeness (QED) is 0.465. The Balaban J connectivity index is 1.43. The van der Waals surface area contributed by atoms with Crippen LogP contribution in [0.1, 0.15) is 22.9 Å². The Hall–Kier alpha value is -3.28. The van der Waals surface area contributed by atoms with Crippen LogP contribution in [0.4, 0.5) is 0 Å². The number of nitrogens with one attached hydrogen (secondary N) is 2. The highest BCUT2D eigenvalue weighted by atomic mass is 16.3. The zero-order valence-electron chi connectivity index (χ0n) is 17.5. The highest BCUT2D eigenvalue weighted by Gasteiger charge is 2.34. The number of piperazine rings is 1. The molecule has 2 aromatic carbocycles. The Morgan fingerprint density at radius 3 is 2.32 bits per heavy atom. The molecule has 0 radical (unpaired) electrons. The molecule has 31 heavy (non-hydrogen) atoms. The number of hydrogen-bond acceptors (Lipinski definition) is 3. The van der Waals surface area contributed by atoms with Gasteiger partial charge in [0.15, 0.2) is 11.8 Å². The van der Waals surface area contributed by atoms with Crippen molar-refractivity contribution in [3.8, 4) is 5.75 Å². The third kappa shape index (κ3) is 4.15. The number of phenolic OH excluding ortho intramolecular Hbond substituents is 1. The van der Waals surface area contributed by atoms with Crippen molar-refractivity contribution in [1.82, 2.24) is 9.97 Å². The first kappa shape index (κ1) is 19.7. The molecule has 3 heterocycles. The normalized spacial score (nSPS) is 19.9. The van der Waals surface area contributed by atoms with Crippen LogP contribution < -0.4 is 9.80 Å². The Bertz CT molecular complexity index is 1140. The van der Waals surface area contributed by atoms with Crippen LogP contribution in [0.5, 0.6) is 5.75 Å². The lowest BCUT2D eigenvalue weighted by molar-refractivity contribution is -1.03. The van der Waals surface area contributed by atoms with Gasteiger partial charge in [0.2, 0.25) is 0 Å². The van der Waals surface area contributed by atoms with Crippen molar-refractivity contribution < 1.29 is 14.9 Å². The lowest BCUT2D eigenvalue weighted by atomic mass is 9.97. The Morgan fingerprint density at radius 1 is 0.774 bits per heavy atom. The third-order valence-corrected chi connectivity index (χ3v) is 6.38. The van der Waals surface area contributed by atoms with E-state index in [4.69, 9.17) is 0 Å². The second-order valence-corrected chi connectivity index (χ2v) is 8.34. The second kappa shape index (κ2) is 8.84. The Kier molecular flexibility index (Phi) is 5.61. The first-order valence-electron chi connectivity index (χ1n) is 11.0. The summed E-state index contributed by atoms with van der Waals surface area (Å²) in [4.78, 5) is 12.2. The number of hydrogen-bond donors (Lipinski definition) is 3. The number of pyridine rings is 2. The number of phenols is 1. The topological polar surface area (TPSA) is 54.9 Å². The molecule has 0 spiro atoms. The van der Waals surface area contributed by atoms with Crippen molar-refractivity contribution in [2.75, 3.05) is 26.2 Å². The molecule has 1 saturated heterocycles. The van der Waals surface area contributed by atoms with Crippen LogP contribution in [0.25, 0.3) is 10.9 Å². The van der Waals surface area contributed by atoms with E-state index < -0.39 is 0 Å². The van der Waals surface area contributed by atoms with Gasteiger partial charge in [0.05, 0.1) is 5.56 Å². The molecule has 4 aromatic rings. The molecular weight excluding hydrogens is 384 g/mol. The summed E-state index contributed by atoms with van der Waals surface area (Å²) in [7, 11) is 0. The van der Waals surface area contributed by atoms with Crippen LogP contribution >= 0.6 is 0 Å². The zero-order chi connectivity index (χ0) is 21.0. The molecule has 0 bridgehead atoms. The largest absolute Gasteiger partial charge is 0.505 e. The van der Waals surface area contributed by atoms with Crippen molar-refractivity contribution in [3.63, 3.8) is 0 Å². The average Bonchev–Trinajstić information content (AvgIpc) is 2.83. The van der Waals surface area contributed by atoms with Crippen LogP contribution in [-0.4, -0.2) is 41.3 Å². The molecule has 5 nitrogen and oxygen atoms in total. The molecule has 1 aliphatic heterocycles. The number of rotatable bonds is 5. The number of quaternary nitrogens is 2. The van der Waals surface area contributed by atoms with Crippen molar-refractivity contribution in [3.05, 3.63) is 102 Å². The van der Waals surface area contributed by atoms with Gasteiger partial charge in [0.25, 0.3) is 0 Å². The van der Waals surface area contributed by atoms with E-state index in [-0.39, 0.29) is 11.8 Å². The van der Waals surface area contributed by atoms with Gasteiger partial charge < -0.3 is 14.9 Å². The maximum absolute atomic E-state index is 11.1. The summed E-state index contributed by atoms with van der Waals surface area (Å²) in [5.41, 5.74) is 3.95. The van der Waals surface area contributed by atoms with Gasteiger partial charge in [-0.15, -0.1) is 0 Å². The lowest BCUT2D eigenvalue weighted by Crippen LogP contribution is -3.27. The standard InChI is InChI=1S/C26H26N4O/c31-26-22(12-11-21-9-6-14-28-24(21)26)25(23-10-4-5-13-27-23)30-17-15-29(16-18-30)19-20-7-2-1-3-8-20/h1-14,25,31H,15-19H2/p+2/t25-/m0/s1. The molecule has 1 aliphatic rings. The van der Waals surface area contributed by atoms with E-state index in [1.54, 1.807) is 11.1 Å². The van der Waals surface area contributed by atoms with Crippen molar-refractivity contribution >= 4 is 10.9 Å². The number of benzene rings is 2. The van der Waals surface area contributed by atoms with Gasteiger partial charge in [-0.1, -0.05) is 48.5 Å². The molecule has 1 fully saturated rings. The van der Waals surface area contributed by atoms with Gasteiger partial charge in [0.1, 0.15) is 43.9 Å². The van der Waals surface area contributed by atoms with E-state index in [1.165, 1.54) is 10.5 Å². The minimum Gasteiger partial charge on any atom is -0.505 e. The predicted octanol–water partition coefficient (Wildman–Crippen LogP) is 1.41. The van der Waals surface area contributed by atoms with Gasteiger partial charge in [-0.05, 0) is 24.3 Å². The van der Waals surface area contributed by atoms with E-state index in [1.807, 2.05) is 30.5 Å². The summed E-state index contributed by atoms with van der Waals surface area (Å²) in [6.07, 6.45) is 3.58. The van der Waals surface area contributed by atoms with Crippen molar-refractivity contribution in [2.45, 2.75) is 12.6 Å². The molecular formula is C26H28N4O+2. The van der Waals surface area contributed by atoms with E-state index in [2.05, 4.69) is 58.5 Å². The van der Waals surface area contributed by atoms with Gasteiger partial charge in [0, 0.05) is 23.3 Å². The maximum atomic E-state index is 11.1. The summed E-state index contributed by atoms with van der Waals surface area (Å²) in [5, 5.41) is 12.1. The molecule has 5 rings (SSSR count). The summed E-state index contributed by atoms with van der Waals surface area (Å²) >= 11 is 0. The van der Waals surface area contributed by atoms with Crippen LogP contribution in [-0.2, 0) is 6.54 Å². The highest BCUT2D eigenvalue weighted by molar-refractivity contribution is 5.85. The van der Waals surface area contributed by atoms with E-state index in [0.717, 1.165) is 49.4 Å². The lowest BCUT2D eigenvalue weighted by Gasteiger charge is -2.34. The monoisotopic (exact) mass is 412 g/mol. The number of aromatic hydroxyl groups is 1. The molecule has 0 unspecified atom stereocenters. The Morgan fingerprint density at radius 2 is 1.55 bits per heavy atom. The van der Waals surface area contributed by atoms with E-state index in [0.29, 0.717) is 5.52 Å². The first-order valence-corrected chi connectivity index (χ1v) is 11.0. The van der Waals surface area contributed by atoms with Crippen LogP contribution in [0.2, 0.25) is 0 Å². The van der Waals surface area contributed by atoms with Crippen LogP contribution in [0.15, 0.2) is 85.2 Å². The molecule has 1 atom stereocenters. The number of nitrogens with zero attached hydrogens (tertiary/aromatic N) is 2. The van der Waals surface area contributed by atoms with Gasteiger partial charge >= 0.3 is 0 Å². The van der Waals surface area contributed by atoms with Gasteiger partial charge in [-0.25, -0.2) is 0 Å². The minimum atomic E-state index is -0.00844. The molecule has 2 aromatic heterocycles. The minimum absolute atomic E-state index is 0.00844. The fourth-order valence-electron chi connectivity index (χ4n) is 4.79. The fourth-order valence-corrected chi connectivity index (χ4v) is 4.79. The highest BCUT2D eigenvalue weighted by Crippen LogP contribution is 2.32. The molecule has 156 valence electrons. The van der Waals surface area contributed by atoms with Crippen molar-refractivity contribution in [1.29, 1.82) is 0 Å². The summed E-state index contributed by atoms with van der Waals surface area (Å²) in [6.45, 7) is 5.32. The van der Waals surface area contributed by atoms with Crippen molar-refractivity contribution in [2.24, 2.45) is 0 Å². The summed E-state index contributed by atoms with van der Waals surface area (Å²) < 4.78 is 0. The van der Waals surface area contributed by atoms with E-state index in [9.17, 15) is 5.11 Å². The molecule has 0 aliphatic carbocycles. The van der Waals surface area contributed by atoms with Gasteiger partial charge in [-0.2, -0.15) is 0 Å². The predicted molar refractivity (Wildman–Crippen MR) is 121 cm³/mol. The van der Waals surface area contributed by atoms with Crippen LogP contribution in [0, 0.1) is 0 Å². The number of aromatic nitrogens is 2. The SMILES string of the molecule is Oc1c([C@@H](c2ccccn2)[NH+]2CC[NH+](Cc3ccccc3)CC2)ccc2cccnc12. The van der Waals surface area contributed by atoms with Crippen LogP contribution in [0.3, 0.4) is 0 Å². The maximum Gasteiger partial charge on any atom is 0.160 e. The molecule has 5 heteroatoms. The molecule has 3 N–H and O–H groups in total. The number of fused-ring (bicyclic) bond motifs is 1. The fraction of sp³-hybridized carbons (Fsp3) is 0.231. The Labute approximate surface area is 182 Å². The second-order valence-electron chi connectivity index (χ2n) is 8.34.